The number of rotatable bonds is 8. The van der Waals surface area contributed by atoms with Crippen molar-refractivity contribution in [3.05, 3.63) is 82.1 Å². The smallest absolute Gasteiger partial charge is 0.257 e. The van der Waals surface area contributed by atoms with E-state index in [4.69, 9.17) is 4.74 Å². The highest BCUT2D eigenvalue weighted by molar-refractivity contribution is 7.91. The summed E-state index contributed by atoms with van der Waals surface area (Å²) in [6.45, 7) is 0.808. The number of benzene rings is 2. The summed E-state index contributed by atoms with van der Waals surface area (Å²) in [6, 6.07) is 12.6. The zero-order valence-electron chi connectivity index (χ0n) is 16.0. The van der Waals surface area contributed by atoms with E-state index in [9.17, 15) is 22.0 Å². The molecule has 2 aromatic carbocycles. The first-order chi connectivity index (χ1) is 14.3. The van der Waals surface area contributed by atoms with Crippen molar-refractivity contribution in [2.45, 2.75) is 17.1 Å². The Kier molecular flexibility index (Phi) is 6.84. The van der Waals surface area contributed by atoms with Crippen LogP contribution < -0.4 is 10.1 Å². The van der Waals surface area contributed by atoms with E-state index in [0.29, 0.717) is 4.88 Å². The number of halogens is 2. The van der Waals surface area contributed by atoms with Gasteiger partial charge in [-0.3, -0.25) is 4.79 Å². The lowest BCUT2D eigenvalue weighted by Gasteiger charge is -2.18. The van der Waals surface area contributed by atoms with Gasteiger partial charge in [0.15, 0.2) is 28.0 Å². The fourth-order valence-corrected chi connectivity index (χ4v) is 5.63. The average Bonchev–Trinajstić information content (AvgIpc) is 3.23. The number of carbonyl (C=O) groups is 1. The Hall–Kier alpha value is -2.78. The molecule has 0 aliphatic rings. The van der Waals surface area contributed by atoms with Gasteiger partial charge in [0, 0.05) is 11.4 Å². The summed E-state index contributed by atoms with van der Waals surface area (Å²) in [5, 5.41) is 3.21. The minimum atomic E-state index is -3.90. The van der Waals surface area contributed by atoms with Crippen LogP contribution >= 0.6 is 11.3 Å². The van der Waals surface area contributed by atoms with E-state index in [0.717, 1.165) is 6.07 Å². The van der Waals surface area contributed by atoms with Crippen LogP contribution in [0.15, 0.2) is 64.9 Å². The topological polar surface area (TPSA) is 72.5 Å². The number of ether oxygens (including phenoxy) is 1. The largest absolute Gasteiger partial charge is 0.481 e. The summed E-state index contributed by atoms with van der Waals surface area (Å²) in [5.41, 5.74) is 0.211. The monoisotopic (exact) mass is 451 g/mol. The molecule has 5 nitrogen and oxygen atoms in total. The van der Waals surface area contributed by atoms with Crippen LogP contribution in [0.1, 0.15) is 15.7 Å². The highest BCUT2D eigenvalue weighted by atomic mass is 32.2. The van der Waals surface area contributed by atoms with E-state index >= 15 is 0 Å². The number of hydrogen-bond acceptors (Lipinski definition) is 5. The normalized spacial score (nSPS) is 12.4. The van der Waals surface area contributed by atoms with Crippen molar-refractivity contribution in [2.24, 2.45) is 0 Å². The van der Waals surface area contributed by atoms with Gasteiger partial charge in [-0.05, 0) is 54.3 Å². The Morgan fingerprint density at radius 2 is 1.87 bits per heavy atom. The predicted molar refractivity (Wildman–Crippen MR) is 110 cm³/mol. The SMILES string of the molecule is Cc1cc(S(=O)(=O)[C@@H](CNC(=O)COc2ccccc2F)c2cccs2)ccc1F. The van der Waals surface area contributed by atoms with Crippen molar-refractivity contribution in [1.29, 1.82) is 0 Å². The van der Waals surface area contributed by atoms with Crippen molar-refractivity contribution in [3.63, 3.8) is 0 Å². The number of sulfone groups is 1. The summed E-state index contributed by atoms with van der Waals surface area (Å²) < 4.78 is 58.7. The van der Waals surface area contributed by atoms with Crippen LogP contribution in [-0.4, -0.2) is 27.5 Å². The summed E-state index contributed by atoms with van der Waals surface area (Å²) in [6.07, 6.45) is 0. The number of para-hydroxylation sites is 1. The molecular weight excluding hydrogens is 432 g/mol. The molecule has 3 aromatic rings. The zero-order chi connectivity index (χ0) is 21.7. The quantitative estimate of drug-likeness (QED) is 0.525. The van der Waals surface area contributed by atoms with Gasteiger partial charge in [-0.15, -0.1) is 11.3 Å². The van der Waals surface area contributed by atoms with Crippen molar-refractivity contribution in [3.8, 4) is 5.75 Å². The lowest BCUT2D eigenvalue weighted by Crippen LogP contribution is -2.34. The molecule has 0 aliphatic carbocycles. The van der Waals surface area contributed by atoms with Gasteiger partial charge in [-0.2, -0.15) is 0 Å². The van der Waals surface area contributed by atoms with Gasteiger partial charge in [0.05, 0.1) is 4.90 Å². The maximum absolute atomic E-state index is 13.6. The molecule has 1 aromatic heterocycles. The van der Waals surface area contributed by atoms with Gasteiger partial charge in [0.25, 0.3) is 5.91 Å². The number of hydrogen-bond donors (Lipinski definition) is 1. The van der Waals surface area contributed by atoms with Gasteiger partial charge >= 0.3 is 0 Å². The minimum absolute atomic E-state index is 0.0309. The van der Waals surface area contributed by atoms with Crippen LogP contribution in [0.5, 0.6) is 5.75 Å². The molecule has 9 heteroatoms. The average molecular weight is 452 g/mol. The summed E-state index contributed by atoms with van der Waals surface area (Å²) in [7, 11) is -3.90. The van der Waals surface area contributed by atoms with Crippen LogP contribution in [0.4, 0.5) is 8.78 Å². The molecule has 0 radical (unpaired) electrons. The molecule has 1 heterocycles. The first kappa shape index (κ1) is 21.9. The highest BCUT2D eigenvalue weighted by Gasteiger charge is 2.31. The Morgan fingerprint density at radius 1 is 1.10 bits per heavy atom. The lowest BCUT2D eigenvalue weighted by atomic mass is 10.2. The summed E-state index contributed by atoms with van der Waals surface area (Å²) >= 11 is 1.24. The molecule has 0 spiro atoms. The molecule has 30 heavy (non-hydrogen) atoms. The van der Waals surface area contributed by atoms with E-state index in [-0.39, 0.29) is 22.8 Å². The van der Waals surface area contributed by atoms with Gasteiger partial charge in [0.2, 0.25) is 0 Å². The number of amides is 1. The highest BCUT2D eigenvalue weighted by Crippen LogP contribution is 2.32. The second kappa shape index (κ2) is 9.36. The number of thiophene rings is 1. The number of carbonyl (C=O) groups excluding carboxylic acids is 1. The Balaban J connectivity index is 1.74. The summed E-state index contributed by atoms with van der Waals surface area (Å²) in [4.78, 5) is 12.7. The van der Waals surface area contributed by atoms with E-state index < -0.39 is 39.2 Å². The molecule has 3 rings (SSSR count). The molecule has 0 saturated heterocycles. The van der Waals surface area contributed by atoms with Crippen molar-refractivity contribution >= 4 is 27.1 Å². The number of aryl methyl sites for hydroxylation is 1. The standard InChI is InChI=1S/C21H19F2NO4S2/c1-14-11-15(8-9-16(14)22)30(26,27)20(19-7-4-10-29-19)12-24-21(25)13-28-18-6-3-2-5-17(18)23/h2-11,20H,12-13H2,1H3,(H,24,25)/t20-/m0/s1. The van der Waals surface area contributed by atoms with Crippen LogP contribution in [0, 0.1) is 18.6 Å². The van der Waals surface area contributed by atoms with Gasteiger partial charge in [-0.25, -0.2) is 17.2 Å². The maximum Gasteiger partial charge on any atom is 0.257 e. The second-order valence-corrected chi connectivity index (χ2v) is 9.59. The molecule has 0 bridgehead atoms. The van der Waals surface area contributed by atoms with E-state index in [1.165, 1.54) is 48.6 Å². The maximum atomic E-state index is 13.6. The molecule has 1 atom stereocenters. The van der Waals surface area contributed by atoms with Gasteiger partial charge in [-0.1, -0.05) is 18.2 Å². The molecule has 0 aliphatic heterocycles. The fourth-order valence-electron chi connectivity index (χ4n) is 2.76. The molecule has 1 N–H and O–H groups in total. The molecule has 0 saturated carbocycles. The lowest BCUT2D eigenvalue weighted by molar-refractivity contribution is -0.123. The third-order valence-electron chi connectivity index (χ3n) is 4.37. The third-order valence-corrected chi connectivity index (χ3v) is 7.59. The summed E-state index contributed by atoms with van der Waals surface area (Å²) in [5.74, 6) is -1.77. The van der Waals surface area contributed by atoms with Crippen molar-refractivity contribution in [1.82, 2.24) is 5.32 Å². The molecule has 1 amide bonds. The first-order valence-corrected chi connectivity index (χ1v) is 11.4. The van der Waals surface area contributed by atoms with Crippen LogP contribution in [0.2, 0.25) is 0 Å². The predicted octanol–water partition coefficient (Wildman–Crippen LogP) is 4.04. The van der Waals surface area contributed by atoms with Gasteiger partial charge in [0.1, 0.15) is 11.1 Å². The number of nitrogens with one attached hydrogen (secondary N) is 1. The van der Waals surface area contributed by atoms with Gasteiger partial charge < -0.3 is 10.1 Å². The van der Waals surface area contributed by atoms with Crippen LogP contribution in [0.3, 0.4) is 0 Å². The first-order valence-electron chi connectivity index (χ1n) is 8.96. The van der Waals surface area contributed by atoms with Crippen molar-refractivity contribution < 1.29 is 26.7 Å². The van der Waals surface area contributed by atoms with E-state index in [1.54, 1.807) is 23.6 Å². The second-order valence-electron chi connectivity index (χ2n) is 6.48. The Labute approximate surface area is 177 Å². The zero-order valence-corrected chi connectivity index (χ0v) is 17.6. The van der Waals surface area contributed by atoms with Crippen LogP contribution in [0.25, 0.3) is 0 Å². The molecule has 0 unspecified atom stereocenters. The molecule has 158 valence electrons. The van der Waals surface area contributed by atoms with E-state index in [1.807, 2.05) is 0 Å². The third kappa shape index (κ3) is 5.03. The molecular formula is C21H19F2NO4S2. The molecule has 0 fully saturated rings. The fraction of sp³-hybridized carbons (Fsp3) is 0.190. The Morgan fingerprint density at radius 3 is 2.53 bits per heavy atom. The van der Waals surface area contributed by atoms with Crippen molar-refractivity contribution in [2.75, 3.05) is 13.2 Å². The Bertz CT molecular complexity index is 1130. The minimum Gasteiger partial charge on any atom is -0.481 e. The van der Waals surface area contributed by atoms with Crippen LogP contribution in [-0.2, 0) is 14.6 Å². The van der Waals surface area contributed by atoms with E-state index in [2.05, 4.69) is 5.32 Å².